The molecule has 0 aromatic rings. The van der Waals surface area contributed by atoms with E-state index in [0.717, 1.165) is 31.8 Å². The van der Waals surface area contributed by atoms with E-state index in [0.29, 0.717) is 6.42 Å². The van der Waals surface area contributed by atoms with Gasteiger partial charge in [-0.2, -0.15) is 8.42 Å². The quantitative estimate of drug-likeness (QED) is 0.371. The first kappa shape index (κ1) is 16.1. The molecule has 0 aliphatic heterocycles. The van der Waals surface area contributed by atoms with E-state index in [1.54, 1.807) is 5.48 Å². The van der Waals surface area contributed by atoms with E-state index >= 15 is 0 Å². The predicted octanol–water partition coefficient (Wildman–Crippen LogP) is 1.91. The smallest absolute Gasteiger partial charge is 0.268 e. The summed E-state index contributed by atoms with van der Waals surface area (Å²) >= 11 is 0. The molecule has 0 rings (SSSR count). The molecule has 0 aromatic carbocycles. The van der Waals surface area contributed by atoms with Crippen molar-refractivity contribution in [2.24, 2.45) is 0 Å². The van der Waals surface area contributed by atoms with Crippen molar-refractivity contribution >= 4 is 16.0 Å². The molecule has 0 saturated carbocycles. The first-order valence-electron chi connectivity index (χ1n) is 5.85. The van der Waals surface area contributed by atoms with Gasteiger partial charge in [-0.3, -0.25) is 4.79 Å². The lowest BCUT2D eigenvalue weighted by Gasteiger charge is -2.04. The van der Waals surface area contributed by atoms with Crippen molar-refractivity contribution in [3.63, 3.8) is 0 Å². The Kier molecular flexibility index (Phi) is 8.71. The topological polar surface area (TPSA) is 72.5 Å². The highest BCUT2D eigenvalue weighted by molar-refractivity contribution is 7.86. The van der Waals surface area contributed by atoms with Crippen molar-refractivity contribution in [2.45, 2.75) is 45.4 Å². The summed E-state index contributed by atoms with van der Waals surface area (Å²) in [6, 6.07) is 0. The van der Waals surface area contributed by atoms with Gasteiger partial charge >= 0.3 is 0 Å². The van der Waals surface area contributed by atoms with Crippen molar-refractivity contribution in [3.8, 4) is 0 Å². The monoisotopic (exact) mass is 263 g/mol. The van der Waals surface area contributed by atoms with E-state index in [1.807, 2.05) is 0 Å². The van der Waals surface area contributed by atoms with Crippen molar-refractivity contribution in [1.29, 1.82) is 0 Å². The van der Waals surface area contributed by atoms with Crippen LogP contribution in [-0.2, 0) is 19.2 Å². The highest BCUT2D eigenvalue weighted by Crippen LogP contribution is 2.06. The highest BCUT2D eigenvalue weighted by Gasteiger charge is 2.11. The van der Waals surface area contributed by atoms with Crippen LogP contribution in [-0.4, -0.2) is 20.1 Å². The lowest BCUT2D eigenvalue weighted by molar-refractivity contribution is -0.122. The maximum atomic E-state index is 11.3. The van der Waals surface area contributed by atoms with Gasteiger partial charge < -0.3 is 0 Å². The summed E-state index contributed by atoms with van der Waals surface area (Å²) in [5.74, 6) is -0.743. The Morgan fingerprint density at radius 1 is 1.24 bits per heavy atom. The number of amides is 1. The number of unbranched alkanes of at least 4 members (excludes halogenated alkanes) is 5. The zero-order chi connectivity index (χ0) is 13.1. The molecule has 1 N–H and O–H groups in total. The third-order valence-corrected chi connectivity index (χ3v) is 3.33. The third-order valence-electron chi connectivity index (χ3n) is 2.20. The van der Waals surface area contributed by atoms with E-state index in [2.05, 4.69) is 17.8 Å². The Morgan fingerprint density at radius 3 is 2.41 bits per heavy atom. The molecule has 0 spiro atoms. The van der Waals surface area contributed by atoms with Crippen LogP contribution in [0.4, 0.5) is 0 Å². The van der Waals surface area contributed by atoms with E-state index < -0.39 is 16.0 Å². The maximum absolute atomic E-state index is 11.3. The number of hydrogen-bond acceptors (Lipinski definition) is 4. The number of hydrogen-bond donors (Lipinski definition) is 1. The molecule has 100 valence electrons. The van der Waals surface area contributed by atoms with Gasteiger partial charge in [-0.1, -0.05) is 45.6 Å². The molecule has 0 aliphatic carbocycles. The minimum atomic E-state index is -3.66. The summed E-state index contributed by atoms with van der Waals surface area (Å²) in [7, 11) is -3.66. The molecule has 0 fully saturated rings. The van der Waals surface area contributed by atoms with Gasteiger partial charge in [0, 0.05) is 0 Å². The number of carbonyl (C=O) groups excluding carboxylic acids is 1. The SMILES string of the molecule is C=CC(=O)NOS(=O)(=O)CCCCCCCC. The van der Waals surface area contributed by atoms with Crippen LogP contribution in [0.15, 0.2) is 12.7 Å². The molecule has 1 amide bonds. The second kappa shape index (κ2) is 9.18. The Balaban J connectivity index is 3.64. The largest absolute Gasteiger partial charge is 0.287 e. The Morgan fingerprint density at radius 2 is 1.82 bits per heavy atom. The van der Waals surface area contributed by atoms with Gasteiger partial charge in [-0.15, -0.1) is 4.28 Å². The molecule has 0 heterocycles. The first-order chi connectivity index (χ1) is 8.02. The summed E-state index contributed by atoms with van der Waals surface area (Å²) in [6.45, 7) is 5.30. The first-order valence-corrected chi connectivity index (χ1v) is 7.43. The van der Waals surface area contributed by atoms with Crippen molar-refractivity contribution in [2.75, 3.05) is 5.75 Å². The van der Waals surface area contributed by atoms with Gasteiger partial charge in [0.25, 0.3) is 16.0 Å². The fourth-order valence-corrected chi connectivity index (χ4v) is 2.10. The Hall–Kier alpha value is -0.880. The van der Waals surface area contributed by atoms with Crippen LogP contribution >= 0.6 is 0 Å². The second-order valence-electron chi connectivity index (χ2n) is 3.78. The molecular weight excluding hydrogens is 242 g/mol. The molecule has 0 bridgehead atoms. The zero-order valence-electron chi connectivity index (χ0n) is 10.3. The standard InChI is InChI=1S/C11H21NO4S/c1-3-5-6-7-8-9-10-17(14,15)16-12-11(13)4-2/h4H,2-3,5-10H2,1H3,(H,12,13). The molecule has 0 saturated heterocycles. The summed E-state index contributed by atoms with van der Waals surface area (Å²) in [5, 5.41) is 0. The lowest BCUT2D eigenvalue weighted by atomic mass is 10.1. The van der Waals surface area contributed by atoms with Gasteiger partial charge in [-0.25, -0.2) is 5.48 Å². The van der Waals surface area contributed by atoms with Crippen LogP contribution in [0.5, 0.6) is 0 Å². The van der Waals surface area contributed by atoms with Gasteiger partial charge in [0.05, 0.1) is 5.75 Å². The Labute approximate surface area is 103 Å². The number of carbonyl (C=O) groups is 1. The second-order valence-corrected chi connectivity index (χ2v) is 5.47. The maximum Gasteiger partial charge on any atom is 0.287 e. The van der Waals surface area contributed by atoms with Crippen LogP contribution in [0.1, 0.15) is 45.4 Å². The minimum Gasteiger partial charge on any atom is -0.268 e. The molecular formula is C11H21NO4S. The zero-order valence-corrected chi connectivity index (χ0v) is 11.1. The third kappa shape index (κ3) is 10.0. The predicted molar refractivity (Wildman–Crippen MR) is 66.6 cm³/mol. The summed E-state index contributed by atoms with van der Waals surface area (Å²) < 4.78 is 26.8. The Bertz CT molecular complexity index is 324. The van der Waals surface area contributed by atoms with Crippen LogP contribution in [0.25, 0.3) is 0 Å². The van der Waals surface area contributed by atoms with Gasteiger partial charge in [0.1, 0.15) is 0 Å². The van der Waals surface area contributed by atoms with Crippen molar-refractivity contribution < 1.29 is 17.5 Å². The lowest BCUT2D eigenvalue weighted by Crippen LogP contribution is -2.26. The highest BCUT2D eigenvalue weighted by atomic mass is 32.2. The van der Waals surface area contributed by atoms with Crippen LogP contribution < -0.4 is 5.48 Å². The fourth-order valence-electron chi connectivity index (χ4n) is 1.25. The van der Waals surface area contributed by atoms with E-state index in [1.165, 1.54) is 6.42 Å². The molecule has 0 atom stereocenters. The summed E-state index contributed by atoms with van der Waals surface area (Å²) in [6.07, 6.45) is 6.86. The van der Waals surface area contributed by atoms with Crippen LogP contribution in [0.2, 0.25) is 0 Å². The average Bonchev–Trinajstić information content (AvgIpc) is 2.30. The number of rotatable bonds is 10. The molecule has 0 aliphatic rings. The molecule has 0 radical (unpaired) electrons. The molecule has 6 heteroatoms. The van der Waals surface area contributed by atoms with Gasteiger partial charge in [0.2, 0.25) is 0 Å². The number of nitrogens with one attached hydrogen (secondary N) is 1. The average molecular weight is 263 g/mol. The van der Waals surface area contributed by atoms with Gasteiger partial charge in [0.15, 0.2) is 0 Å². The fraction of sp³-hybridized carbons (Fsp3) is 0.727. The number of hydroxylamine groups is 1. The molecule has 17 heavy (non-hydrogen) atoms. The summed E-state index contributed by atoms with van der Waals surface area (Å²) in [5.41, 5.74) is 1.79. The summed E-state index contributed by atoms with van der Waals surface area (Å²) in [4.78, 5) is 10.7. The van der Waals surface area contributed by atoms with Crippen LogP contribution in [0, 0.1) is 0 Å². The van der Waals surface area contributed by atoms with Crippen LogP contribution in [0.3, 0.4) is 0 Å². The van der Waals surface area contributed by atoms with E-state index in [-0.39, 0.29) is 5.75 Å². The van der Waals surface area contributed by atoms with E-state index in [9.17, 15) is 13.2 Å². The molecule has 0 aromatic heterocycles. The minimum absolute atomic E-state index is 0.0729. The normalized spacial score (nSPS) is 11.1. The molecule has 0 unspecified atom stereocenters. The molecule has 5 nitrogen and oxygen atoms in total. The van der Waals surface area contributed by atoms with Crippen molar-refractivity contribution in [3.05, 3.63) is 12.7 Å². The van der Waals surface area contributed by atoms with E-state index in [4.69, 9.17) is 0 Å². The van der Waals surface area contributed by atoms with Gasteiger partial charge in [-0.05, 0) is 12.5 Å². The van der Waals surface area contributed by atoms with Crippen molar-refractivity contribution in [1.82, 2.24) is 5.48 Å².